The van der Waals surface area contributed by atoms with Crippen molar-refractivity contribution in [3.05, 3.63) is 24.2 Å². The van der Waals surface area contributed by atoms with Crippen LogP contribution in [0.1, 0.15) is 12.6 Å². The molecule has 0 spiro atoms. The molecule has 0 aromatic carbocycles. The van der Waals surface area contributed by atoms with E-state index in [1.165, 1.54) is 0 Å². The first-order valence-corrected chi connectivity index (χ1v) is 7.64. The molecule has 1 aliphatic heterocycles. The second-order valence-corrected chi connectivity index (χ2v) is 5.42. The van der Waals surface area contributed by atoms with E-state index in [1.807, 2.05) is 32.4 Å². The Morgan fingerprint density at radius 2 is 2.05 bits per heavy atom. The number of aryl methyl sites for hydroxylation is 1. The van der Waals surface area contributed by atoms with E-state index in [2.05, 4.69) is 35.4 Å². The van der Waals surface area contributed by atoms with Crippen LogP contribution in [0.3, 0.4) is 0 Å². The number of nitrogens with one attached hydrogen (secondary N) is 1. The van der Waals surface area contributed by atoms with Gasteiger partial charge in [0.1, 0.15) is 5.82 Å². The summed E-state index contributed by atoms with van der Waals surface area (Å²) in [6, 6.07) is 1.97. The molecule has 3 heterocycles. The quantitative estimate of drug-likeness (QED) is 0.854. The first-order valence-electron chi connectivity index (χ1n) is 7.64. The third kappa shape index (κ3) is 3.51. The van der Waals surface area contributed by atoms with Crippen LogP contribution in [-0.4, -0.2) is 62.6 Å². The van der Waals surface area contributed by atoms with Crippen LogP contribution in [0.2, 0.25) is 0 Å². The van der Waals surface area contributed by atoms with Crippen LogP contribution in [0, 0.1) is 0 Å². The monoisotopic (exact) mass is 302 g/mol. The second kappa shape index (κ2) is 6.69. The molecule has 2 aromatic heterocycles. The maximum atomic E-state index is 4.56. The molecule has 0 atom stereocenters. The fourth-order valence-electron chi connectivity index (χ4n) is 2.60. The van der Waals surface area contributed by atoms with Crippen molar-refractivity contribution in [1.29, 1.82) is 0 Å². The maximum absolute atomic E-state index is 4.56. The van der Waals surface area contributed by atoms with E-state index in [0.29, 0.717) is 5.95 Å². The first-order chi connectivity index (χ1) is 10.7. The van der Waals surface area contributed by atoms with Crippen molar-refractivity contribution >= 4 is 11.8 Å². The SMILES string of the molecule is CCNc1nccc(N2CCN(Cc3cn(C)nn3)CC2)n1. The highest BCUT2D eigenvalue weighted by atomic mass is 15.4. The molecule has 1 fully saturated rings. The number of hydrogen-bond acceptors (Lipinski definition) is 7. The zero-order chi connectivity index (χ0) is 15.4. The number of aromatic nitrogens is 5. The van der Waals surface area contributed by atoms with E-state index in [4.69, 9.17) is 0 Å². The van der Waals surface area contributed by atoms with Crippen molar-refractivity contribution in [2.45, 2.75) is 13.5 Å². The van der Waals surface area contributed by atoms with Crippen molar-refractivity contribution in [1.82, 2.24) is 29.9 Å². The molecule has 0 bridgehead atoms. The van der Waals surface area contributed by atoms with Gasteiger partial charge in [0.2, 0.25) is 5.95 Å². The van der Waals surface area contributed by atoms with Gasteiger partial charge >= 0.3 is 0 Å². The number of nitrogens with zero attached hydrogens (tertiary/aromatic N) is 7. The van der Waals surface area contributed by atoms with Gasteiger partial charge in [-0.2, -0.15) is 4.98 Å². The molecule has 3 rings (SSSR count). The van der Waals surface area contributed by atoms with Gasteiger partial charge in [-0.1, -0.05) is 5.21 Å². The summed E-state index contributed by atoms with van der Waals surface area (Å²) < 4.78 is 1.74. The molecule has 118 valence electrons. The molecular weight excluding hydrogens is 280 g/mol. The molecule has 0 radical (unpaired) electrons. The third-order valence-corrected chi connectivity index (χ3v) is 3.71. The summed E-state index contributed by atoms with van der Waals surface area (Å²) >= 11 is 0. The summed E-state index contributed by atoms with van der Waals surface area (Å²) in [5, 5.41) is 11.3. The topological polar surface area (TPSA) is 75.0 Å². The average Bonchev–Trinajstić information content (AvgIpc) is 2.94. The smallest absolute Gasteiger partial charge is 0.224 e. The van der Waals surface area contributed by atoms with Gasteiger partial charge < -0.3 is 10.2 Å². The first kappa shape index (κ1) is 14.7. The van der Waals surface area contributed by atoms with Gasteiger partial charge in [-0.25, -0.2) is 4.98 Å². The Kier molecular flexibility index (Phi) is 4.47. The van der Waals surface area contributed by atoms with E-state index in [0.717, 1.165) is 50.8 Å². The van der Waals surface area contributed by atoms with Crippen LogP contribution in [0.4, 0.5) is 11.8 Å². The zero-order valence-corrected chi connectivity index (χ0v) is 13.1. The molecule has 0 amide bonds. The predicted molar refractivity (Wildman–Crippen MR) is 84.7 cm³/mol. The van der Waals surface area contributed by atoms with Crippen molar-refractivity contribution < 1.29 is 0 Å². The van der Waals surface area contributed by atoms with Crippen LogP contribution in [-0.2, 0) is 13.6 Å². The van der Waals surface area contributed by atoms with Crippen LogP contribution in [0.5, 0.6) is 0 Å². The standard InChI is InChI=1S/C14H22N8/c1-3-15-14-16-5-4-13(17-14)22-8-6-21(7-9-22)11-12-10-20(2)19-18-12/h4-5,10H,3,6-9,11H2,1-2H3,(H,15,16,17). The van der Waals surface area contributed by atoms with Gasteiger partial charge in [0.25, 0.3) is 0 Å². The molecule has 1 saturated heterocycles. The number of rotatable bonds is 5. The highest BCUT2D eigenvalue weighted by Gasteiger charge is 2.19. The Morgan fingerprint density at radius 3 is 2.73 bits per heavy atom. The molecule has 8 nitrogen and oxygen atoms in total. The summed E-state index contributed by atoms with van der Waals surface area (Å²) in [6.45, 7) is 7.64. The van der Waals surface area contributed by atoms with E-state index in [-0.39, 0.29) is 0 Å². The van der Waals surface area contributed by atoms with Crippen molar-refractivity contribution in [3.8, 4) is 0 Å². The van der Waals surface area contributed by atoms with Gasteiger partial charge in [0, 0.05) is 58.7 Å². The third-order valence-electron chi connectivity index (χ3n) is 3.71. The van der Waals surface area contributed by atoms with Crippen LogP contribution >= 0.6 is 0 Å². The molecule has 22 heavy (non-hydrogen) atoms. The lowest BCUT2D eigenvalue weighted by molar-refractivity contribution is 0.246. The van der Waals surface area contributed by atoms with Crippen molar-refractivity contribution in [2.24, 2.45) is 7.05 Å². The Morgan fingerprint density at radius 1 is 1.23 bits per heavy atom. The zero-order valence-electron chi connectivity index (χ0n) is 13.1. The summed E-state index contributed by atoms with van der Waals surface area (Å²) in [5.41, 5.74) is 1.02. The van der Waals surface area contributed by atoms with Gasteiger partial charge in [-0.05, 0) is 13.0 Å². The minimum Gasteiger partial charge on any atom is -0.354 e. The minimum atomic E-state index is 0.696. The molecule has 1 aliphatic rings. The van der Waals surface area contributed by atoms with Gasteiger partial charge in [-0.3, -0.25) is 9.58 Å². The Hall–Kier alpha value is -2.22. The Bertz CT molecular complexity index is 602. The highest BCUT2D eigenvalue weighted by Crippen LogP contribution is 2.15. The van der Waals surface area contributed by atoms with E-state index < -0.39 is 0 Å². The fraction of sp³-hybridized carbons (Fsp3) is 0.571. The van der Waals surface area contributed by atoms with E-state index >= 15 is 0 Å². The Balaban J connectivity index is 1.56. The maximum Gasteiger partial charge on any atom is 0.224 e. The van der Waals surface area contributed by atoms with E-state index in [1.54, 1.807) is 4.68 Å². The fourth-order valence-corrected chi connectivity index (χ4v) is 2.60. The lowest BCUT2D eigenvalue weighted by Crippen LogP contribution is -2.46. The molecule has 0 aliphatic carbocycles. The summed E-state index contributed by atoms with van der Waals surface area (Å²) in [7, 11) is 1.89. The minimum absolute atomic E-state index is 0.696. The lowest BCUT2D eigenvalue weighted by atomic mass is 10.3. The van der Waals surface area contributed by atoms with Gasteiger partial charge in [0.15, 0.2) is 0 Å². The summed E-state index contributed by atoms with van der Waals surface area (Å²) in [6.07, 6.45) is 3.78. The Labute approximate surface area is 130 Å². The molecule has 8 heteroatoms. The van der Waals surface area contributed by atoms with Crippen LogP contribution in [0.15, 0.2) is 18.5 Å². The second-order valence-electron chi connectivity index (χ2n) is 5.42. The van der Waals surface area contributed by atoms with Crippen molar-refractivity contribution in [2.75, 3.05) is 42.9 Å². The highest BCUT2D eigenvalue weighted by molar-refractivity contribution is 5.42. The average molecular weight is 302 g/mol. The molecule has 0 unspecified atom stereocenters. The number of hydrogen-bond donors (Lipinski definition) is 1. The molecule has 2 aromatic rings. The predicted octanol–water partition coefficient (Wildman–Crippen LogP) is 0.359. The normalized spacial score (nSPS) is 16.0. The molecule has 0 saturated carbocycles. The molecular formula is C14H22N8. The lowest BCUT2D eigenvalue weighted by Gasteiger charge is -2.35. The molecule has 1 N–H and O–H groups in total. The number of anilines is 2. The summed E-state index contributed by atoms with van der Waals surface area (Å²) in [5.74, 6) is 1.69. The van der Waals surface area contributed by atoms with E-state index in [9.17, 15) is 0 Å². The van der Waals surface area contributed by atoms with Gasteiger partial charge in [-0.15, -0.1) is 5.10 Å². The summed E-state index contributed by atoms with van der Waals surface area (Å²) in [4.78, 5) is 13.5. The largest absolute Gasteiger partial charge is 0.354 e. The number of piperazine rings is 1. The van der Waals surface area contributed by atoms with Crippen LogP contribution in [0.25, 0.3) is 0 Å². The van der Waals surface area contributed by atoms with Gasteiger partial charge in [0.05, 0.1) is 5.69 Å². The van der Waals surface area contributed by atoms with Crippen LogP contribution < -0.4 is 10.2 Å². The van der Waals surface area contributed by atoms with Crippen molar-refractivity contribution in [3.63, 3.8) is 0 Å².